The molecule has 2 heterocycles. The Morgan fingerprint density at radius 1 is 1.25 bits per heavy atom. The fourth-order valence-electron chi connectivity index (χ4n) is 2.60. The third-order valence-corrected chi connectivity index (χ3v) is 4.01. The Morgan fingerprint density at radius 3 is 2.57 bits per heavy atom. The van der Waals surface area contributed by atoms with Crippen LogP contribution in [0.1, 0.15) is 28.6 Å². The van der Waals surface area contributed by atoms with Crippen molar-refractivity contribution in [1.82, 2.24) is 4.57 Å². The number of anilines is 1. The molecule has 0 radical (unpaired) electrons. The highest BCUT2D eigenvalue weighted by atomic mass is 19.1. The van der Waals surface area contributed by atoms with Crippen LogP contribution in [0.4, 0.5) is 10.1 Å². The van der Waals surface area contributed by atoms with Crippen LogP contribution in [0, 0.1) is 24.1 Å². The first-order chi connectivity index (χ1) is 13.4. The minimum absolute atomic E-state index is 0.000381. The maximum absolute atomic E-state index is 13.7. The van der Waals surface area contributed by atoms with Crippen molar-refractivity contribution < 1.29 is 23.1 Å². The number of aryl methyl sites for hydroxylation is 1. The molecule has 3 aromatic rings. The van der Waals surface area contributed by atoms with Crippen LogP contribution >= 0.6 is 0 Å². The second kappa shape index (κ2) is 7.80. The van der Waals surface area contributed by atoms with Gasteiger partial charge in [0.1, 0.15) is 28.8 Å². The summed E-state index contributed by atoms with van der Waals surface area (Å²) in [6.45, 7) is 2.87. The van der Waals surface area contributed by atoms with Gasteiger partial charge in [-0.3, -0.25) is 9.36 Å². The zero-order chi connectivity index (χ0) is 20.3. The molecule has 28 heavy (non-hydrogen) atoms. The maximum Gasteiger partial charge on any atom is 0.343 e. The van der Waals surface area contributed by atoms with Crippen LogP contribution in [0.3, 0.4) is 0 Å². The van der Waals surface area contributed by atoms with Gasteiger partial charge >= 0.3 is 5.97 Å². The summed E-state index contributed by atoms with van der Waals surface area (Å²) in [5.41, 5.74) is -0.0837. The van der Waals surface area contributed by atoms with Gasteiger partial charge < -0.3 is 14.5 Å². The van der Waals surface area contributed by atoms with E-state index in [1.807, 2.05) is 6.07 Å². The fourth-order valence-corrected chi connectivity index (χ4v) is 2.60. The summed E-state index contributed by atoms with van der Waals surface area (Å²) in [5.74, 6) is -1.83. The second-order valence-corrected chi connectivity index (χ2v) is 5.93. The molecule has 1 N–H and O–H groups in total. The lowest BCUT2D eigenvalue weighted by Gasteiger charge is -2.13. The number of para-hydroxylation sites is 1. The molecule has 0 spiro atoms. The van der Waals surface area contributed by atoms with E-state index in [2.05, 4.69) is 5.32 Å². The number of carbonyl (C=O) groups excluding carboxylic acids is 2. The number of ether oxygens (including phenoxy) is 1. The molecule has 0 aliphatic heterocycles. The number of hydrogen-bond acceptors (Lipinski definition) is 5. The third kappa shape index (κ3) is 3.64. The van der Waals surface area contributed by atoms with Gasteiger partial charge in [0.15, 0.2) is 6.10 Å². The van der Waals surface area contributed by atoms with E-state index in [9.17, 15) is 19.2 Å². The molecule has 1 aromatic carbocycles. The highest BCUT2D eigenvalue weighted by Gasteiger charge is 2.28. The number of hydrogen-bond donors (Lipinski definition) is 1. The molecule has 0 aliphatic rings. The molecular formula is C20H16FN3O4. The van der Waals surface area contributed by atoms with Crippen LogP contribution in [-0.4, -0.2) is 22.5 Å². The number of furan rings is 1. The average Bonchev–Trinajstić information content (AvgIpc) is 3.30. The molecule has 0 unspecified atom stereocenters. The number of aromatic nitrogens is 1. The van der Waals surface area contributed by atoms with Gasteiger partial charge in [0, 0.05) is 12.4 Å². The third-order valence-electron chi connectivity index (χ3n) is 4.01. The summed E-state index contributed by atoms with van der Waals surface area (Å²) in [6.07, 6.45) is 2.11. The van der Waals surface area contributed by atoms with E-state index in [1.54, 1.807) is 35.2 Å². The van der Waals surface area contributed by atoms with Crippen molar-refractivity contribution in [3.8, 4) is 12.0 Å². The van der Waals surface area contributed by atoms with E-state index in [0.717, 1.165) is 0 Å². The van der Waals surface area contributed by atoms with Gasteiger partial charge in [-0.1, -0.05) is 12.1 Å². The van der Waals surface area contributed by atoms with Crippen molar-refractivity contribution in [2.45, 2.75) is 20.0 Å². The molecule has 0 saturated heterocycles. The van der Waals surface area contributed by atoms with Crippen molar-refractivity contribution in [2.75, 3.05) is 5.32 Å². The van der Waals surface area contributed by atoms with E-state index >= 15 is 0 Å². The number of esters is 1. The van der Waals surface area contributed by atoms with Gasteiger partial charge in [0.2, 0.25) is 5.88 Å². The average molecular weight is 381 g/mol. The molecule has 7 nitrogen and oxygen atoms in total. The Balaban J connectivity index is 1.79. The fraction of sp³-hybridized carbons (Fsp3) is 0.150. The number of nitrogens with one attached hydrogen (secondary N) is 1. The molecule has 1 atom stereocenters. The van der Waals surface area contributed by atoms with Crippen LogP contribution in [-0.2, 0) is 9.53 Å². The minimum Gasteiger partial charge on any atom is -0.449 e. The van der Waals surface area contributed by atoms with Crippen LogP contribution in [0.15, 0.2) is 53.2 Å². The predicted molar refractivity (Wildman–Crippen MR) is 97.4 cm³/mol. The lowest BCUT2D eigenvalue weighted by atomic mass is 10.1. The molecule has 0 fully saturated rings. The molecule has 8 heteroatoms. The van der Waals surface area contributed by atoms with Crippen LogP contribution in [0.25, 0.3) is 5.88 Å². The van der Waals surface area contributed by atoms with E-state index in [1.165, 1.54) is 32.0 Å². The Kier molecular flexibility index (Phi) is 5.27. The smallest absolute Gasteiger partial charge is 0.343 e. The van der Waals surface area contributed by atoms with Crippen molar-refractivity contribution in [3.05, 3.63) is 71.5 Å². The van der Waals surface area contributed by atoms with Crippen LogP contribution < -0.4 is 5.32 Å². The summed E-state index contributed by atoms with van der Waals surface area (Å²) in [4.78, 5) is 24.8. The highest BCUT2D eigenvalue weighted by Crippen LogP contribution is 2.26. The standard InChI is InChI=1S/C20H16FN3O4/c1-12-17(14(11-22)19(27-12)24-9-5-6-10-24)20(26)28-13(2)18(25)23-16-8-4-3-7-15(16)21/h3-10,13H,1-2H3,(H,23,25)/t13-/m1/s1. The number of amides is 1. The Hall–Kier alpha value is -3.86. The number of carbonyl (C=O) groups is 2. The lowest BCUT2D eigenvalue weighted by Crippen LogP contribution is -2.30. The van der Waals surface area contributed by atoms with Crippen molar-refractivity contribution >= 4 is 17.6 Å². The van der Waals surface area contributed by atoms with Gasteiger partial charge in [-0.05, 0) is 38.1 Å². The number of nitriles is 1. The first-order valence-corrected chi connectivity index (χ1v) is 8.35. The van der Waals surface area contributed by atoms with Crippen LogP contribution in [0.5, 0.6) is 0 Å². The number of halogens is 1. The Bertz CT molecular complexity index is 1060. The summed E-state index contributed by atoms with van der Waals surface area (Å²) in [7, 11) is 0. The van der Waals surface area contributed by atoms with Gasteiger partial charge in [0.05, 0.1) is 5.69 Å². The summed E-state index contributed by atoms with van der Waals surface area (Å²) >= 11 is 0. The molecule has 0 aliphatic carbocycles. The van der Waals surface area contributed by atoms with Crippen molar-refractivity contribution in [3.63, 3.8) is 0 Å². The predicted octanol–water partition coefficient (Wildman–Crippen LogP) is 3.57. The first-order valence-electron chi connectivity index (χ1n) is 8.35. The van der Waals surface area contributed by atoms with E-state index < -0.39 is 23.8 Å². The Labute approximate surface area is 159 Å². The number of rotatable bonds is 5. The summed E-state index contributed by atoms with van der Waals surface area (Å²) in [6, 6.07) is 11.1. The first kappa shape index (κ1) is 18.9. The molecule has 0 bridgehead atoms. The SMILES string of the molecule is Cc1oc(-n2cccc2)c(C#N)c1C(=O)O[C@H](C)C(=O)Nc1ccccc1F. The normalized spacial score (nSPS) is 11.5. The van der Waals surface area contributed by atoms with E-state index in [0.29, 0.717) is 0 Å². The minimum atomic E-state index is -1.22. The summed E-state index contributed by atoms with van der Waals surface area (Å²) in [5, 5.41) is 11.8. The van der Waals surface area contributed by atoms with Crippen LogP contribution in [0.2, 0.25) is 0 Å². The molecule has 0 saturated carbocycles. The molecule has 1 amide bonds. The topological polar surface area (TPSA) is 97.3 Å². The summed E-state index contributed by atoms with van der Waals surface area (Å²) < 4.78 is 25.9. The zero-order valence-corrected chi connectivity index (χ0v) is 15.1. The van der Waals surface area contributed by atoms with Gasteiger partial charge in [-0.15, -0.1) is 0 Å². The Morgan fingerprint density at radius 2 is 1.93 bits per heavy atom. The monoisotopic (exact) mass is 381 g/mol. The number of nitrogens with zero attached hydrogens (tertiary/aromatic N) is 2. The lowest BCUT2D eigenvalue weighted by molar-refractivity contribution is -0.123. The quantitative estimate of drug-likeness (QED) is 0.682. The van der Waals surface area contributed by atoms with Crippen molar-refractivity contribution in [1.29, 1.82) is 5.26 Å². The highest BCUT2D eigenvalue weighted by molar-refractivity contribution is 5.99. The molecule has 2 aromatic heterocycles. The maximum atomic E-state index is 13.7. The van der Waals surface area contributed by atoms with Gasteiger partial charge in [-0.2, -0.15) is 5.26 Å². The zero-order valence-electron chi connectivity index (χ0n) is 15.1. The van der Waals surface area contributed by atoms with Crippen molar-refractivity contribution in [2.24, 2.45) is 0 Å². The molecular weight excluding hydrogens is 365 g/mol. The van der Waals surface area contributed by atoms with Gasteiger partial charge in [0.25, 0.3) is 5.91 Å². The largest absolute Gasteiger partial charge is 0.449 e. The molecule has 142 valence electrons. The van der Waals surface area contributed by atoms with E-state index in [-0.39, 0.29) is 28.5 Å². The second-order valence-electron chi connectivity index (χ2n) is 5.93. The molecule has 3 rings (SSSR count). The van der Waals surface area contributed by atoms with Gasteiger partial charge in [-0.25, -0.2) is 9.18 Å². The number of benzene rings is 1. The van der Waals surface area contributed by atoms with E-state index in [4.69, 9.17) is 9.15 Å².